The van der Waals surface area contributed by atoms with Gasteiger partial charge in [0.1, 0.15) is 23.0 Å². The van der Waals surface area contributed by atoms with Crippen molar-refractivity contribution in [3.63, 3.8) is 0 Å². The number of carbonyl (C=O) groups excluding carboxylic acids is 1. The van der Waals surface area contributed by atoms with Gasteiger partial charge in [0.25, 0.3) is 5.91 Å². The maximum absolute atomic E-state index is 13.7. The molecule has 3 aromatic carbocycles. The van der Waals surface area contributed by atoms with Crippen molar-refractivity contribution in [1.29, 1.82) is 0 Å². The Morgan fingerprint density at radius 3 is 2.03 bits per heavy atom. The maximum Gasteiger partial charge on any atom is 0.418 e. The molecule has 1 amide bonds. The molecule has 0 radical (unpaired) electrons. The van der Waals surface area contributed by atoms with Crippen LogP contribution in [0.3, 0.4) is 0 Å². The smallest absolute Gasteiger partial charge is 0.344 e. The number of benzene rings is 3. The number of para-hydroxylation sites is 1. The van der Waals surface area contributed by atoms with Crippen LogP contribution in [-0.2, 0) is 6.18 Å². The fraction of sp³-hybridized carbons (Fsp3) is 0.0952. The first-order valence-corrected chi connectivity index (χ1v) is 8.54. The molecule has 0 aromatic heterocycles. The summed E-state index contributed by atoms with van der Waals surface area (Å²) >= 11 is 0. The van der Waals surface area contributed by atoms with E-state index >= 15 is 0 Å². The molecule has 0 aliphatic carbocycles. The first kappa shape index (κ1) is 21.2. The Balaban J connectivity index is 1.82. The van der Waals surface area contributed by atoms with E-state index in [1.807, 2.05) is 0 Å². The number of anilines is 3. The van der Waals surface area contributed by atoms with E-state index in [-0.39, 0.29) is 11.4 Å². The summed E-state index contributed by atoms with van der Waals surface area (Å²) in [5.41, 5.74) is -1.31. The van der Waals surface area contributed by atoms with Gasteiger partial charge in [-0.15, -0.1) is 0 Å². The van der Waals surface area contributed by atoms with Crippen molar-refractivity contribution in [2.75, 3.05) is 17.3 Å². The molecular weight excluding hydrogens is 410 g/mol. The lowest BCUT2D eigenvalue weighted by Gasteiger charge is -2.23. The number of alkyl halides is 3. The topological polar surface area (TPSA) is 32.3 Å². The van der Waals surface area contributed by atoms with Gasteiger partial charge in [-0.25, -0.2) is 13.2 Å². The van der Waals surface area contributed by atoms with Crippen molar-refractivity contribution in [1.82, 2.24) is 0 Å². The predicted molar refractivity (Wildman–Crippen MR) is 100 cm³/mol. The minimum atomic E-state index is -4.54. The Labute approximate surface area is 167 Å². The zero-order chi connectivity index (χ0) is 22.1. The van der Waals surface area contributed by atoms with Gasteiger partial charge in [-0.05, 0) is 36.4 Å². The highest BCUT2D eigenvalue weighted by atomic mass is 19.4. The molecule has 0 aliphatic rings. The number of carbonyl (C=O) groups is 1. The Bertz CT molecular complexity index is 1060. The van der Waals surface area contributed by atoms with Crippen LogP contribution in [0.15, 0.2) is 60.7 Å². The van der Waals surface area contributed by atoms with E-state index in [0.29, 0.717) is 17.8 Å². The zero-order valence-corrected chi connectivity index (χ0v) is 15.4. The molecule has 0 spiro atoms. The molecule has 3 nitrogen and oxygen atoms in total. The summed E-state index contributed by atoms with van der Waals surface area (Å²) in [6.07, 6.45) is -4.54. The van der Waals surface area contributed by atoms with Crippen LogP contribution in [-0.4, -0.2) is 13.0 Å². The second-order valence-corrected chi connectivity index (χ2v) is 6.32. The van der Waals surface area contributed by atoms with E-state index < -0.39 is 40.7 Å². The normalized spacial score (nSPS) is 11.3. The number of rotatable bonds is 4. The third-order valence-corrected chi connectivity index (χ3v) is 4.32. The predicted octanol–water partition coefficient (Wildman–Crippen LogP) is 6.14. The third kappa shape index (κ3) is 4.40. The molecule has 30 heavy (non-hydrogen) atoms. The van der Waals surface area contributed by atoms with Crippen LogP contribution >= 0.6 is 0 Å². The molecule has 0 heterocycles. The van der Waals surface area contributed by atoms with Gasteiger partial charge in [-0.1, -0.05) is 12.1 Å². The molecule has 9 heteroatoms. The minimum absolute atomic E-state index is 0.0720. The zero-order valence-electron chi connectivity index (χ0n) is 15.4. The lowest BCUT2D eigenvalue weighted by molar-refractivity contribution is -0.137. The lowest BCUT2D eigenvalue weighted by Crippen LogP contribution is -2.17. The van der Waals surface area contributed by atoms with Crippen LogP contribution in [0, 0.1) is 17.5 Å². The van der Waals surface area contributed by atoms with Crippen LogP contribution in [0.5, 0.6) is 0 Å². The molecule has 0 aliphatic heterocycles. The molecule has 3 rings (SSSR count). The largest absolute Gasteiger partial charge is 0.418 e. The summed E-state index contributed by atoms with van der Waals surface area (Å²) in [7, 11) is 1.45. The second kappa shape index (κ2) is 8.10. The van der Waals surface area contributed by atoms with E-state index in [2.05, 4.69) is 5.32 Å². The van der Waals surface area contributed by atoms with Crippen LogP contribution in [0.25, 0.3) is 0 Å². The van der Waals surface area contributed by atoms with Gasteiger partial charge < -0.3 is 10.2 Å². The molecule has 1 N–H and O–H groups in total. The number of amides is 1. The highest BCUT2D eigenvalue weighted by molar-refractivity contribution is 6.04. The molecule has 156 valence electrons. The average Bonchev–Trinajstić information content (AvgIpc) is 2.66. The highest BCUT2D eigenvalue weighted by Gasteiger charge is 2.34. The molecule has 0 saturated heterocycles. The first-order chi connectivity index (χ1) is 14.1. The summed E-state index contributed by atoms with van der Waals surface area (Å²) in [6.45, 7) is 0. The molecule has 0 bridgehead atoms. The maximum atomic E-state index is 13.7. The van der Waals surface area contributed by atoms with Gasteiger partial charge >= 0.3 is 6.18 Å². The van der Waals surface area contributed by atoms with E-state index in [4.69, 9.17) is 0 Å². The van der Waals surface area contributed by atoms with E-state index in [1.165, 1.54) is 54.4 Å². The van der Waals surface area contributed by atoms with Crippen molar-refractivity contribution in [3.05, 3.63) is 89.2 Å². The monoisotopic (exact) mass is 424 g/mol. The molecule has 0 saturated carbocycles. The van der Waals surface area contributed by atoms with Crippen molar-refractivity contribution in [3.8, 4) is 0 Å². The van der Waals surface area contributed by atoms with Gasteiger partial charge in [-0.2, -0.15) is 13.2 Å². The van der Waals surface area contributed by atoms with Gasteiger partial charge in [0.05, 0.1) is 11.3 Å². The number of halogens is 6. The van der Waals surface area contributed by atoms with Crippen molar-refractivity contribution in [2.24, 2.45) is 0 Å². The Hall–Kier alpha value is -3.49. The number of hydrogen-bond acceptors (Lipinski definition) is 2. The third-order valence-electron chi connectivity index (χ3n) is 4.32. The Morgan fingerprint density at radius 2 is 1.47 bits per heavy atom. The second-order valence-electron chi connectivity index (χ2n) is 6.32. The fourth-order valence-electron chi connectivity index (χ4n) is 2.87. The summed E-state index contributed by atoms with van der Waals surface area (Å²) in [5.74, 6) is -5.00. The Kier molecular flexibility index (Phi) is 5.73. The quantitative estimate of drug-likeness (QED) is 0.510. The Morgan fingerprint density at radius 1 is 0.900 bits per heavy atom. The molecule has 0 atom stereocenters. The van der Waals surface area contributed by atoms with Crippen LogP contribution < -0.4 is 10.2 Å². The van der Waals surface area contributed by atoms with E-state index in [0.717, 1.165) is 6.07 Å². The number of hydrogen-bond donors (Lipinski definition) is 1. The summed E-state index contributed by atoms with van der Waals surface area (Å²) in [5, 5.41) is 2.26. The van der Waals surface area contributed by atoms with Crippen LogP contribution in [0.2, 0.25) is 0 Å². The van der Waals surface area contributed by atoms with Gasteiger partial charge in [0, 0.05) is 30.6 Å². The van der Waals surface area contributed by atoms with E-state index in [9.17, 15) is 31.1 Å². The van der Waals surface area contributed by atoms with Gasteiger partial charge in [0.2, 0.25) is 0 Å². The van der Waals surface area contributed by atoms with E-state index in [1.54, 1.807) is 0 Å². The van der Waals surface area contributed by atoms with Crippen LogP contribution in [0.1, 0.15) is 15.9 Å². The van der Waals surface area contributed by atoms with Crippen LogP contribution in [0.4, 0.5) is 43.4 Å². The highest BCUT2D eigenvalue weighted by Crippen LogP contribution is 2.38. The molecule has 0 unspecified atom stereocenters. The molecular formula is C21H14F6N2O. The fourth-order valence-corrected chi connectivity index (χ4v) is 2.87. The lowest BCUT2D eigenvalue weighted by atomic mass is 10.1. The SMILES string of the molecule is CN(c1ccc(NC(=O)c2c(F)cc(F)cc2F)cc1)c1ccccc1C(F)(F)F. The molecule has 3 aromatic rings. The molecule has 0 fully saturated rings. The average molecular weight is 424 g/mol. The standard InChI is InChI=1S/C21H14F6N2O/c1-29(18-5-3-2-4-15(18)21(25,26)27)14-8-6-13(7-9-14)28-20(30)19-16(23)10-12(22)11-17(19)24/h2-11H,1H3,(H,28,30). The first-order valence-electron chi connectivity index (χ1n) is 8.54. The summed E-state index contributed by atoms with van der Waals surface area (Å²) in [4.78, 5) is 13.4. The number of nitrogens with zero attached hydrogens (tertiary/aromatic N) is 1. The van der Waals surface area contributed by atoms with Gasteiger partial charge in [-0.3, -0.25) is 4.79 Å². The summed E-state index contributed by atoms with van der Waals surface area (Å²) in [6, 6.07) is 11.4. The summed E-state index contributed by atoms with van der Waals surface area (Å²) < 4.78 is 80.1. The minimum Gasteiger partial charge on any atom is -0.344 e. The van der Waals surface area contributed by atoms with Crippen molar-refractivity contribution in [2.45, 2.75) is 6.18 Å². The number of nitrogens with one attached hydrogen (secondary N) is 1. The van der Waals surface area contributed by atoms with Crippen molar-refractivity contribution >= 4 is 23.0 Å². The van der Waals surface area contributed by atoms with Crippen molar-refractivity contribution < 1.29 is 31.1 Å². The van der Waals surface area contributed by atoms with Gasteiger partial charge in [0.15, 0.2) is 0 Å².